The van der Waals surface area contributed by atoms with E-state index in [2.05, 4.69) is 10.6 Å². The number of thioether (sulfide) groups is 1. The molecule has 3 heterocycles. The zero-order valence-electron chi connectivity index (χ0n) is 34.5. The Morgan fingerprint density at radius 1 is 0.723 bits per heavy atom. The summed E-state index contributed by atoms with van der Waals surface area (Å²) < 4.78 is 0.107. The number of aromatic nitrogens is 1. The van der Waals surface area contributed by atoms with E-state index in [1.165, 1.54) is 11.8 Å². The van der Waals surface area contributed by atoms with Crippen molar-refractivity contribution in [1.82, 2.24) is 15.2 Å². The number of anilines is 1. The Labute approximate surface area is 388 Å². The molecule has 0 spiro atoms. The van der Waals surface area contributed by atoms with Gasteiger partial charge in [-0.15, -0.1) is 11.8 Å². The van der Waals surface area contributed by atoms with Crippen LogP contribution in [0.25, 0.3) is 0 Å². The lowest BCUT2D eigenvalue weighted by Crippen LogP contribution is -2.71. The highest BCUT2D eigenvalue weighted by molar-refractivity contribution is 8.00. The normalized spacial score (nSPS) is 16.3. The second-order valence-corrected chi connectivity index (χ2v) is 17.9. The summed E-state index contributed by atoms with van der Waals surface area (Å²) in [5.74, 6) is -2.69. The number of hydrogen-bond acceptors (Lipinski definition) is 10. The number of oxime groups is 1. The third-order valence-electron chi connectivity index (χ3n) is 11.5. The summed E-state index contributed by atoms with van der Waals surface area (Å²) in [6.45, 7) is -0.527. The van der Waals surface area contributed by atoms with Gasteiger partial charge in [0.25, 0.3) is 11.8 Å². The first-order valence-electron chi connectivity index (χ1n) is 20.6. The minimum Gasteiger partial charge on any atom is -0.477 e. The topological polar surface area (TPSA) is 153 Å². The molecule has 0 unspecified atom stereocenters. The maximum absolute atomic E-state index is 15.0. The first-order chi connectivity index (χ1) is 31.8. The first kappa shape index (κ1) is 43.2. The van der Waals surface area contributed by atoms with Crippen LogP contribution in [0.4, 0.5) is 5.13 Å². The molecule has 2 aliphatic heterocycles. The molecule has 0 aliphatic carbocycles. The Kier molecular flexibility index (Phi) is 12.4. The molecular weight excluding hydrogens is 878 g/mol. The molecule has 11 nitrogen and oxygen atoms in total. The van der Waals surface area contributed by atoms with Crippen molar-refractivity contribution >= 4 is 63.3 Å². The predicted molar refractivity (Wildman–Crippen MR) is 254 cm³/mol. The van der Waals surface area contributed by atoms with Crippen molar-refractivity contribution in [3.8, 4) is 0 Å². The van der Waals surface area contributed by atoms with E-state index in [1.54, 1.807) is 0 Å². The highest BCUT2D eigenvalue weighted by Gasteiger charge is 2.54. The number of aliphatic hydroxyl groups is 1. The van der Waals surface area contributed by atoms with Crippen molar-refractivity contribution in [3.63, 3.8) is 0 Å². The first-order valence-corrected chi connectivity index (χ1v) is 22.9. The lowest BCUT2D eigenvalue weighted by Gasteiger charge is -2.49. The van der Waals surface area contributed by atoms with Gasteiger partial charge in [-0.1, -0.05) is 210 Å². The zero-order valence-corrected chi connectivity index (χ0v) is 36.8. The van der Waals surface area contributed by atoms with Crippen molar-refractivity contribution in [1.29, 1.82) is 0 Å². The Morgan fingerprint density at radius 3 is 1.57 bits per heavy atom. The summed E-state index contributed by atoms with van der Waals surface area (Å²) in [5.41, 5.74) is 2.03. The quantitative estimate of drug-likeness (QED) is 0.0343. The Bertz CT molecular complexity index is 2690. The molecule has 0 radical (unpaired) electrons. The molecule has 7 aromatic rings. The number of thiazole rings is 1. The van der Waals surface area contributed by atoms with Crippen LogP contribution < -0.4 is 10.6 Å². The van der Waals surface area contributed by atoms with Gasteiger partial charge in [-0.2, -0.15) is 0 Å². The van der Waals surface area contributed by atoms with Crippen LogP contribution >= 0.6 is 34.7 Å². The van der Waals surface area contributed by atoms with E-state index in [9.17, 15) is 24.6 Å². The monoisotopic (exact) mass is 917 g/mol. The van der Waals surface area contributed by atoms with Gasteiger partial charge in [-0.25, -0.2) is 9.78 Å². The molecule has 65 heavy (non-hydrogen) atoms. The average molecular weight is 918 g/mol. The van der Waals surface area contributed by atoms with E-state index in [1.807, 2.05) is 182 Å². The fourth-order valence-electron chi connectivity index (χ4n) is 8.44. The van der Waals surface area contributed by atoms with Gasteiger partial charge in [-0.05, 0) is 22.3 Å². The molecule has 0 saturated carbocycles. The minimum atomic E-state index is -1.41. The number of carbonyl (C=O) groups excluding carboxylic acids is 2. The van der Waals surface area contributed by atoms with E-state index in [0.717, 1.165) is 32.9 Å². The van der Waals surface area contributed by atoms with Gasteiger partial charge in [0.2, 0.25) is 5.60 Å². The Balaban J connectivity index is 1.19. The highest BCUT2D eigenvalue weighted by Crippen LogP contribution is 2.45. The van der Waals surface area contributed by atoms with E-state index in [4.69, 9.17) is 26.6 Å². The molecule has 324 valence electrons. The number of β-lactam (4-membered cyclic amide) rings is 1. The standard InChI is InChI=1S/C51H40ClN5O6S2/c52-44-40(54-49(65-44)55-50(34-19-7-1-8-20-34,35-21-9-2-10-22-35)36-23-11-3-12-24-36)41(45(59)53-42-46(60)57-43(48(61)62)33(31-58)32-64-47(42)57)56-63-51(37-25-13-4-14-26-37,38-27-15-5-16-28-38)39-29-17-6-18-30-39/h1-30,42,47,58H,31-32H2,(H,53,59)(H,54,55)(H,61,62)/b56-41-/t42-,47+/m1/s1. The van der Waals surface area contributed by atoms with Crippen molar-refractivity contribution in [3.05, 3.63) is 237 Å². The summed E-state index contributed by atoms with van der Waals surface area (Å²) in [5, 5.41) is 30.8. The fourth-order valence-corrected chi connectivity index (χ4v) is 10.9. The van der Waals surface area contributed by atoms with E-state index < -0.39 is 46.9 Å². The van der Waals surface area contributed by atoms with Gasteiger partial charge in [0, 0.05) is 22.4 Å². The van der Waals surface area contributed by atoms with Crippen LogP contribution in [0.15, 0.2) is 198 Å². The lowest BCUT2D eigenvalue weighted by molar-refractivity contribution is -0.150. The SMILES string of the molecule is O=C(O)C1=C(CO)CS[C@H]2[C@H](NC(=O)/C(=N\OC(c3ccccc3)(c3ccccc3)c3ccccc3)c3nc(NC(c4ccccc4)(c4ccccc4)c4ccccc4)sc3Cl)C(=O)N12. The molecule has 2 amide bonds. The van der Waals surface area contributed by atoms with E-state index >= 15 is 0 Å². The zero-order chi connectivity index (χ0) is 45.0. The van der Waals surface area contributed by atoms with Crippen LogP contribution in [0.2, 0.25) is 4.34 Å². The van der Waals surface area contributed by atoms with Crippen LogP contribution in [0.5, 0.6) is 0 Å². The molecular formula is C51H40ClN5O6S2. The maximum atomic E-state index is 15.0. The molecule has 2 aliphatic rings. The number of aliphatic carboxylic acids is 1. The predicted octanol–water partition coefficient (Wildman–Crippen LogP) is 8.64. The number of amides is 2. The number of nitrogens with one attached hydrogen (secondary N) is 2. The van der Waals surface area contributed by atoms with Crippen molar-refractivity contribution in [2.24, 2.45) is 5.16 Å². The molecule has 2 atom stereocenters. The van der Waals surface area contributed by atoms with Crippen LogP contribution in [-0.2, 0) is 30.4 Å². The number of halogens is 1. The summed E-state index contributed by atoms with van der Waals surface area (Å²) in [4.78, 5) is 54.0. The van der Waals surface area contributed by atoms with E-state index in [-0.39, 0.29) is 32.8 Å². The van der Waals surface area contributed by atoms with Crippen molar-refractivity contribution < 1.29 is 29.4 Å². The molecule has 4 N–H and O–H groups in total. The van der Waals surface area contributed by atoms with Crippen LogP contribution in [0.3, 0.4) is 0 Å². The second kappa shape index (κ2) is 18.6. The Morgan fingerprint density at radius 2 is 1.15 bits per heavy atom. The maximum Gasteiger partial charge on any atom is 0.352 e. The van der Waals surface area contributed by atoms with Crippen LogP contribution in [0.1, 0.15) is 39.1 Å². The van der Waals surface area contributed by atoms with E-state index in [0.29, 0.717) is 21.8 Å². The molecule has 6 aromatic carbocycles. The van der Waals surface area contributed by atoms with Gasteiger partial charge in [0.15, 0.2) is 10.8 Å². The number of carboxylic acids is 1. The Hall–Kier alpha value is -7.03. The number of carbonyl (C=O) groups is 3. The van der Waals surface area contributed by atoms with Gasteiger partial charge in [-0.3, -0.25) is 14.5 Å². The number of carboxylic acid groups (broad SMARTS) is 1. The van der Waals surface area contributed by atoms with Crippen molar-refractivity contribution in [2.75, 3.05) is 17.7 Å². The fraction of sp³-hybridized carbons (Fsp3) is 0.118. The van der Waals surface area contributed by atoms with Crippen molar-refractivity contribution in [2.45, 2.75) is 22.6 Å². The summed E-state index contributed by atoms with van der Waals surface area (Å²) in [7, 11) is 0. The molecule has 14 heteroatoms. The lowest BCUT2D eigenvalue weighted by atomic mass is 9.77. The smallest absolute Gasteiger partial charge is 0.352 e. The third-order valence-corrected chi connectivity index (χ3v) is 14.0. The van der Waals surface area contributed by atoms with Gasteiger partial charge >= 0.3 is 5.97 Å². The minimum absolute atomic E-state index is 0.0172. The molecule has 9 rings (SSSR count). The molecule has 1 saturated heterocycles. The van der Waals surface area contributed by atoms with Gasteiger partial charge in [0.05, 0.1) is 6.61 Å². The van der Waals surface area contributed by atoms with Gasteiger partial charge < -0.3 is 25.7 Å². The number of hydrogen-bond donors (Lipinski definition) is 4. The second-order valence-electron chi connectivity index (χ2n) is 15.2. The third kappa shape index (κ3) is 7.97. The highest BCUT2D eigenvalue weighted by atomic mass is 35.5. The summed E-state index contributed by atoms with van der Waals surface area (Å²) in [6.07, 6.45) is 0. The number of benzene rings is 6. The van der Waals surface area contributed by atoms with Crippen LogP contribution in [0, 0.1) is 0 Å². The largest absolute Gasteiger partial charge is 0.477 e. The van der Waals surface area contributed by atoms with Crippen LogP contribution in [-0.4, -0.2) is 67.4 Å². The number of rotatable bonds is 15. The molecule has 1 fully saturated rings. The number of fused-ring (bicyclic) bond motifs is 1. The summed E-state index contributed by atoms with van der Waals surface area (Å²) in [6, 6.07) is 57.2. The number of aliphatic hydroxyl groups excluding tert-OH is 1. The average Bonchev–Trinajstić information content (AvgIpc) is 3.73. The number of nitrogens with zero attached hydrogens (tertiary/aromatic N) is 3. The molecule has 1 aromatic heterocycles. The summed E-state index contributed by atoms with van der Waals surface area (Å²) >= 11 is 9.53. The molecule has 0 bridgehead atoms. The van der Waals surface area contributed by atoms with Gasteiger partial charge in [0.1, 0.15) is 32.7 Å².